The van der Waals surface area contributed by atoms with Gasteiger partial charge in [0.1, 0.15) is 5.41 Å². The van der Waals surface area contributed by atoms with Gasteiger partial charge in [-0.25, -0.2) is 0 Å². The number of nitrogens with two attached hydrogens (primary N) is 1. The summed E-state index contributed by atoms with van der Waals surface area (Å²) in [6.45, 7) is 5.31. The molecule has 10 nitrogen and oxygen atoms in total. The largest absolute Gasteiger partial charge is 0.481 e. The molecule has 2 saturated heterocycles. The van der Waals surface area contributed by atoms with Crippen LogP contribution in [0.25, 0.3) is 0 Å². The number of nitro groups is 1. The van der Waals surface area contributed by atoms with Gasteiger partial charge >= 0.3 is 11.9 Å². The minimum Gasteiger partial charge on any atom is -0.481 e. The summed E-state index contributed by atoms with van der Waals surface area (Å²) in [6.07, 6.45) is 1.24. The molecule has 5 atom stereocenters. The smallest absolute Gasteiger partial charge is 0.312 e. The second-order valence-electron chi connectivity index (χ2n) is 12.8. The summed E-state index contributed by atoms with van der Waals surface area (Å²) in [5.41, 5.74) is 5.06. The predicted molar refractivity (Wildman–Crippen MR) is 171 cm³/mol. The molecule has 5 N–H and O–H groups in total. The van der Waals surface area contributed by atoms with Crippen LogP contribution in [0.5, 0.6) is 0 Å². The zero-order valence-corrected chi connectivity index (χ0v) is 25.8. The highest BCUT2D eigenvalue weighted by Crippen LogP contribution is 2.58. The Hall–Kier alpha value is -4.12. The van der Waals surface area contributed by atoms with Crippen LogP contribution >= 0.6 is 0 Å². The zero-order valence-electron chi connectivity index (χ0n) is 25.8. The highest BCUT2D eigenvalue weighted by Gasteiger charge is 2.66. The summed E-state index contributed by atoms with van der Waals surface area (Å²) < 4.78 is 0. The summed E-state index contributed by atoms with van der Waals surface area (Å²) in [7, 11) is 0. The molecule has 45 heavy (non-hydrogen) atoms. The van der Waals surface area contributed by atoms with E-state index in [4.69, 9.17) is 5.73 Å². The Bertz CT molecular complexity index is 1490. The van der Waals surface area contributed by atoms with Crippen LogP contribution in [-0.4, -0.2) is 63.8 Å². The van der Waals surface area contributed by atoms with Crippen molar-refractivity contribution in [3.05, 3.63) is 112 Å². The summed E-state index contributed by atoms with van der Waals surface area (Å²) in [6, 6.07) is 26.2. The number of aliphatic carboxylic acids is 2. The molecule has 2 fully saturated rings. The van der Waals surface area contributed by atoms with E-state index < -0.39 is 45.8 Å². The number of rotatable bonds is 10. The van der Waals surface area contributed by atoms with Gasteiger partial charge in [-0.1, -0.05) is 78.9 Å². The van der Waals surface area contributed by atoms with Crippen LogP contribution in [-0.2, 0) is 15.0 Å². The van der Waals surface area contributed by atoms with Crippen molar-refractivity contribution in [2.24, 2.45) is 16.6 Å². The van der Waals surface area contributed by atoms with Crippen LogP contribution in [0, 0.1) is 20.9 Å². The van der Waals surface area contributed by atoms with Crippen molar-refractivity contribution in [3.8, 4) is 0 Å². The fourth-order valence-electron chi connectivity index (χ4n) is 8.10. The van der Waals surface area contributed by atoms with Gasteiger partial charge in [0.2, 0.25) is 0 Å². The third-order valence-electron chi connectivity index (χ3n) is 10.7. The topological polar surface area (TPSA) is 159 Å². The summed E-state index contributed by atoms with van der Waals surface area (Å²) in [5.74, 6) is -3.77. The van der Waals surface area contributed by atoms with Crippen LogP contribution in [0.2, 0.25) is 0 Å². The predicted octanol–water partition coefficient (Wildman–Crippen LogP) is 4.98. The van der Waals surface area contributed by atoms with Crippen molar-refractivity contribution in [1.82, 2.24) is 10.2 Å². The fourth-order valence-corrected chi connectivity index (χ4v) is 8.10. The van der Waals surface area contributed by atoms with E-state index in [2.05, 4.69) is 58.7 Å². The molecule has 5 rings (SSSR count). The number of nitro benzene ring substituents is 1. The molecule has 238 valence electrons. The molecule has 2 heterocycles. The first-order valence-electron chi connectivity index (χ1n) is 15.5. The molecule has 2 aliphatic heterocycles. The number of carboxylic acid groups (broad SMARTS) is 2. The standard InChI is InChI=1S/C35H42N4O6/c1-24-35(32(42)43,29(33(2,31(40)41)30(36)37-24)27-16-9-10-17-28(27)39(44)45)18-11-21-38-22-19-34(20-23-38,25-12-5-3-6-13-25)26-14-7-4-8-15-26/h3-10,12-17,24,29-30,37H,11,18-23,36H2,1-2H3,(H,40,41)(H,42,43). The molecule has 0 amide bonds. The lowest BCUT2D eigenvalue weighted by Gasteiger charge is -2.55. The van der Waals surface area contributed by atoms with Crippen molar-refractivity contribution in [1.29, 1.82) is 0 Å². The van der Waals surface area contributed by atoms with E-state index in [0.29, 0.717) is 13.0 Å². The average molecular weight is 615 g/mol. The monoisotopic (exact) mass is 614 g/mol. The number of likely N-dealkylation sites (tertiary alicyclic amines) is 1. The fraction of sp³-hybridized carbons (Fsp3) is 0.429. The van der Waals surface area contributed by atoms with Gasteiger partial charge < -0.3 is 20.8 Å². The molecule has 0 radical (unpaired) electrons. The maximum atomic E-state index is 13.4. The highest BCUT2D eigenvalue weighted by molar-refractivity contribution is 5.84. The third kappa shape index (κ3) is 5.51. The first kappa shape index (κ1) is 32.3. The van der Waals surface area contributed by atoms with Gasteiger partial charge in [0.25, 0.3) is 5.69 Å². The number of para-hydroxylation sites is 1. The SMILES string of the molecule is CC1NC(N)C(C)(C(=O)O)C(c2ccccc2[N+](=O)[O-])C1(CCCN1CCC(c2ccccc2)(c2ccccc2)CC1)C(=O)O. The molecule has 3 aromatic rings. The molecule has 0 saturated carbocycles. The second-order valence-corrected chi connectivity index (χ2v) is 12.8. The number of carboxylic acids is 2. The molecule has 10 heteroatoms. The lowest BCUT2D eigenvalue weighted by molar-refractivity contribution is -0.386. The van der Waals surface area contributed by atoms with E-state index in [9.17, 15) is 29.9 Å². The second kappa shape index (κ2) is 12.7. The Labute approximate surface area is 263 Å². The lowest BCUT2D eigenvalue weighted by Crippen LogP contribution is -2.72. The van der Waals surface area contributed by atoms with Crippen molar-refractivity contribution in [3.63, 3.8) is 0 Å². The van der Waals surface area contributed by atoms with Crippen molar-refractivity contribution in [2.45, 2.75) is 63.1 Å². The number of hydrogen-bond acceptors (Lipinski definition) is 7. The maximum Gasteiger partial charge on any atom is 0.312 e. The molecular formula is C35H42N4O6. The van der Waals surface area contributed by atoms with Crippen LogP contribution in [0.4, 0.5) is 5.69 Å². The Morgan fingerprint density at radius 3 is 1.98 bits per heavy atom. The molecule has 0 aromatic heterocycles. The number of hydrogen-bond donors (Lipinski definition) is 4. The first-order chi connectivity index (χ1) is 21.5. The van der Waals surface area contributed by atoms with E-state index in [1.54, 1.807) is 13.0 Å². The van der Waals surface area contributed by atoms with Gasteiger partial charge in [-0.05, 0) is 70.3 Å². The van der Waals surface area contributed by atoms with Crippen LogP contribution in [0.1, 0.15) is 62.1 Å². The number of nitrogens with one attached hydrogen (secondary N) is 1. The van der Waals surface area contributed by atoms with Gasteiger partial charge in [0, 0.05) is 29.0 Å². The van der Waals surface area contributed by atoms with Crippen LogP contribution < -0.4 is 11.1 Å². The van der Waals surface area contributed by atoms with Crippen molar-refractivity contribution < 1.29 is 24.7 Å². The highest BCUT2D eigenvalue weighted by atomic mass is 16.6. The molecule has 0 aliphatic carbocycles. The quantitative estimate of drug-likeness (QED) is 0.182. The molecule has 0 spiro atoms. The van der Waals surface area contributed by atoms with Crippen LogP contribution in [0.3, 0.4) is 0 Å². The van der Waals surface area contributed by atoms with Crippen molar-refractivity contribution >= 4 is 17.6 Å². The normalized spacial score (nSPS) is 28.3. The van der Waals surface area contributed by atoms with Gasteiger partial charge in [-0.15, -0.1) is 0 Å². The molecular weight excluding hydrogens is 572 g/mol. The Balaban J connectivity index is 1.43. The first-order valence-corrected chi connectivity index (χ1v) is 15.5. The van der Waals surface area contributed by atoms with E-state index in [-0.39, 0.29) is 23.1 Å². The molecule has 3 aromatic carbocycles. The third-order valence-corrected chi connectivity index (χ3v) is 10.7. The summed E-state index contributed by atoms with van der Waals surface area (Å²) in [5, 5.41) is 36.6. The number of piperidine rings is 2. The Morgan fingerprint density at radius 1 is 0.933 bits per heavy atom. The van der Waals surface area contributed by atoms with Crippen LogP contribution in [0.15, 0.2) is 84.9 Å². The van der Waals surface area contributed by atoms with E-state index in [1.165, 1.54) is 36.2 Å². The Morgan fingerprint density at radius 2 is 1.47 bits per heavy atom. The van der Waals surface area contributed by atoms with Crippen molar-refractivity contribution in [2.75, 3.05) is 19.6 Å². The summed E-state index contributed by atoms with van der Waals surface area (Å²) >= 11 is 0. The minimum absolute atomic E-state index is 0.0760. The molecule has 2 aliphatic rings. The van der Waals surface area contributed by atoms with E-state index in [1.807, 2.05) is 12.1 Å². The Kier molecular flexibility index (Phi) is 9.11. The zero-order chi connectivity index (χ0) is 32.4. The van der Waals surface area contributed by atoms with Gasteiger partial charge in [-0.3, -0.25) is 25.0 Å². The van der Waals surface area contributed by atoms with E-state index in [0.717, 1.165) is 25.9 Å². The average Bonchev–Trinajstić information content (AvgIpc) is 3.04. The molecule has 5 unspecified atom stereocenters. The number of nitrogens with zero attached hydrogens (tertiary/aromatic N) is 2. The van der Waals surface area contributed by atoms with Gasteiger partial charge in [-0.2, -0.15) is 0 Å². The number of benzene rings is 3. The van der Waals surface area contributed by atoms with E-state index >= 15 is 0 Å². The number of carbonyl (C=O) groups is 2. The summed E-state index contributed by atoms with van der Waals surface area (Å²) in [4.78, 5) is 40.2. The molecule has 0 bridgehead atoms. The van der Waals surface area contributed by atoms with Gasteiger partial charge in [0.05, 0.1) is 16.5 Å². The minimum atomic E-state index is -1.84. The maximum absolute atomic E-state index is 13.4. The lowest BCUT2D eigenvalue weighted by atomic mass is 9.52. The van der Waals surface area contributed by atoms with Gasteiger partial charge in [0.15, 0.2) is 0 Å².